The highest BCUT2D eigenvalue weighted by molar-refractivity contribution is 5.19. The third-order valence-corrected chi connectivity index (χ3v) is 3.54. The summed E-state index contributed by atoms with van der Waals surface area (Å²) < 4.78 is 18.8. The molecule has 0 bridgehead atoms. The first-order chi connectivity index (χ1) is 8.96. The van der Waals surface area contributed by atoms with E-state index >= 15 is 0 Å². The standard InChI is InChI=1S/C15H23FN2O/c1-15(2)11-18(8-9-19-15)7-6-14(17)12-4-3-5-13(16)10-12/h3-5,10,14H,6-9,11,17H2,1-2H3. The second-order valence-electron chi connectivity index (χ2n) is 5.83. The predicted octanol–water partition coefficient (Wildman–Crippen LogP) is 2.33. The Kier molecular flexibility index (Phi) is 4.55. The van der Waals surface area contributed by atoms with Crippen molar-refractivity contribution < 1.29 is 9.13 Å². The van der Waals surface area contributed by atoms with E-state index in [4.69, 9.17) is 10.5 Å². The van der Waals surface area contributed by atoms with Gasteiger partial charge in [-0.3, -0.25) is 4.90 Å². The molecule has 4 heteroatoms. The molecular weight excluding hydrogens is 243 g/mol. The summed E-state index contributed by atoms with van der Waals surface area (Å²) in [5, 5.41) is 0. The van der Waals surface area contributed by atoms with Gasteiger partial charge in [0.2, 0.25) is 0 Å². The van der Waals surface area contributed by atoms with Crippen molar-refractivity contribution >= 4 is 0 Å². The van der Waals surface area contributed by atoms with Crippen molar-refractivity contribution in [2.45, 2.75) is 31.9 Å². The third-order valence-electron chi connectivity index (χ3n) is 3.54. The molecule has 1 heterocycles. The SMILES string of the molecule is CC1(C)CN(CCC(N)c2cccc(F)c2)CCO1. The number of morpholine rings is 1. The van der Waals surface area contributed by atoms with Crippen LogP contribution in [0.25, 0.3) is 0 Å². The van der Waals surface area contributed by atoms with Gasteiger partial charge in [0.05, 0.1) is 12.2 Å². The van der Waals surface area contributed by atoms with Gasteiger partial charge in [-0.15, -0.1) is 0 Å². The molecule has 106 valence electrons. The molecule has 1 aliphatic rings. The van der Waals surface area contributed by atoms with E-state index in [1.165, 1.54) is 12.1 Å². The van der Waals surface area contributed by atoms with Crippen LogP contribution in [-0.2, 0) is 4.74 Å². The Bertz CT molecular complexity index is 422. The predicted molar refractivity (Wildman–Crippen MR) is 74.4 cm³/mol. The summed E-state index contributed by atoms with van der Waals surface area (Å²) >= 11 is 0. The minimum Gasteiger partial charge on any atom is -0.373 e. The zero-order valence-corrected chi connectivity index (χ0v) is 11.7. The molecule has 1 fully saturated rings. The smallest absolute Gasteiger partial charge is 0.123 e. The lowest BCUT2D eigenvalue weighted by Crippen LogP contribution is -2.48. The van der Waals surface area contributed by atoms with Gasteiger partial charge >= 0.3 is 0 Å². The largest absolute Gasteiger partial charge is 0.373 e. The molecule has 0 radical (unpaired) electrons. The molecule has 1 aromatic rings. The molecule has 1 saturated heterocycles. The van der Waals surface area contributed by atoms with Gasteiger partial charge in [0.1, 0.15) is 5.82 Å². The van der Waals surface area contributed by atoms with Gasteiger partial charge in [-0.05, 0) is 38.0 Å². The lowest BCUT2D eigenvalue weighted by molar-refractivity contribution is -0.0863. The lowest BCUT2D eigenvalue weighted by Gasteiger charge is -2.38. The molecule has 1 aromatic carbocycles. The first kappa shape index (κ1) is 14.4. The first-order valence-corrected chi connectivity index (χ1v) is 6.84. The second-order valence-corrected chi connectivity index (χ2v) is 5.83. The van der Waals surface area contributed by atoms with Crippen LogP contribution >= 0.6 is 0 Å². The topological polar surface area (TPSA) is 38.5 Å². The summed E-state index contributed by atoms with van der Waals surface area (Å²) in [6, 6.07) is 6.45. The fraction of sp³-hybridized carbons (Fsp3) is 0.600. The molecule has 0 amide bonds. The molecule has 2 N–H and O–H groups in total. The van der Waals surface area contributed by atoms with Crippen molar-refractivity contribution in [1.29, 1.82) is 0 Å². The molecule has 0 aliphatic carbocycles. The van der Waals surface area contributed by atoms with Gasteiger partial charge in [0.25, 0.3) is 0 Å². The van der Waals surface area contributed by atoms with Crippen LogP contribution in [0.3, 0.4) is 0 Å². The fourth-order valence-corrected chi connectivity index (χ4v) is 2.53. The van der Waals surface area contributed by atoms with Crippen molar-refractivity contribution in [2.24, 2.45) is 5.73 Å². The Labute approximate surface area is 114 Å². The van der Waals surface area contributed by atoms with E-state index in [1.54, 1.807) is 6.07 Å². The van der Waals surface area contributed by atoms with Crippen LogP contribution in [0.5, 0.6) is 0 Å². The van der Waals surface area contributed by atoms with Gasteiger partial charge in [-0.1, -0.05) is 12.1 Å². The van der Waals surface area contributed by atoms with Crippen LogP contribution in [0.1, 0.15) is 31.9 Å². The highest BCUT2D eigenvalue weighted by Crippen LogP contribution is 2.19. The Morgan fingerprint density at radius 3 is 2.95 bits per heavy atom. The number of hydrogen-bond acceptors (Lipinski definition) is 3. The van der Waals surface area contributed by atoms with E-state index in [-0.39, 0.29) is 17.5 Å². The number of benzene rings is 1. The van der Waals surface area contributed by atoms with Crippen LogP contribution in [0, 0.1) is 5.82 Å². The minimum atomic E-state index is -0.222. The fourth-order valence-electron chi connectivity index (χ4n) is 2.53. The Morgan fingerprint density at radius 1 is 1.47 bits per heavy atom. The summed E-state index contributed by atoms with van der Waals surface area (Å²) in [6.07, 6.45) is 0.833. The maximum atomic E-state index is 13.1. The van der Waals surface area contributed by atoms with E-state index in [0.29, 0.717) is 0 Å². The molecule has 0 aromatic heterocycles. The molecule has 19 heavy (non-hydrogen) atoms. The molecule has 1 aliphatic heterocycles. The Morgan fingerprint density at radius 2 is 2.26 bits per heavy atom. The van der Waals surface area contributed by atoms with Crippen LogP contribution in [0.15, 0.2) is 24.3 Å². The van der Waals surface area contributed by atoms with Gasteiger partial charge in [-0.25, -0.2) is 4.39 Å². The normalized spacial score (nSPS) is 21.3. The van der Waals surface area contributed by atoms with Crippen molar-refractivity contribution in [3.63, 3.8) is 0 Å². The van der Waals surface area contributed by atoms with Crippen molar-refractivity contribution in [3.8, 4) is 0 Å². The molecule has 3 nitrogen and oxygen atoms in total. The van der Waals surface area contributed by atoms with E-state index in [0.717, 1.165) is 38.2 Å². The van der Waals surface area contributed by atoms with Crippen LogP contribution in [-0.4, -0.2) is 36.7 Å². The molecule has 0 saturated carbocycles. The first-order valence-electron chi connectivity index (χ1n) is 6.84. The maximum absolute atomic E-state index is 13.1. The van der Waals surface area contributed by atoms with E-state index in [2.05, 4.69) is 18.7 Å². The zero-order chi connectivity index (χ0) is 13.9. The quantitative estimate of drug-likeness (QED) is 0.909. The van der Waals surface area contributed by atoms with Crippen LogP contribution < -0.4 is 5.73 Å². The third kappa shape index (κ3) is 4.27. The molecule has 0 spiro atoms. The molecular formula is C15H23FN2O. The lowest BCUT2D eigenvalue weighted by atomic mass is 10.0. The van der Waals surface area contributed by atoms with Crippen LogP contribution in [0.4, 0.5) is 4.39 Å². The Hall–Kier alpha value is -0.970. The number of rotatable bonds is 4. The van der Waals surface area contributed by atoms with Crippen LogP contribution in [0.2, 0.25) is 0 Å². The molecule has 1 unspecified atom stereocenters. The average Bonchev–Trinajstić information content (AvgIpc) is 2.35. The van der Waals surface area contributed by atoms with Crippen molar-refractivity contribution in [2.75, 3.05) is 26.2 Å². The highest BCUT2D eigenvalue weighted by Gasteiger charge is 2.27. The van der Waals surface area contributed by atoms with Gasteiger partial charge in [-0.2, -0.15) is 0 Å². The van der Waals surface area contributed by atoms with Crippen molar-refractivity contribution in [1.82, 2.24) is 4.90 Å². The van der Waals surface area contributed by atoms with E-state index in [9.17, 15) is 4.39 Å². The number of halogens is 1. The van der Waals surface area contributed by atoms with Gasteiger partial charge in [0.15, 0.2) is 0 Å². The number of hydrogen-bond donors (Lipinski definition) is 1. The summed E-state index contributed by atoms with van der Waals surface area (Å²) in [5.74, 6) is -0.222. The average molecular weight is 266 g/mol. The second kappa shape index (κ2) is 5.99. The summed E-state index contributed by atoms with van der Waals surface area (Å²) in [5.41, 5.74) is 6.91. The molecule has 2 rings (SSSR count). The monoisotopic (exact) mass is 266 g/mol. The van der Waals surface area contributed by atoms with Gasteiger partial charge < -0.3 is 10.5 Å². The van der Waals surface area contributed by atoms with Crippen molar-refractivity contribution in [3.05, 3.63) is 35.6 Å². The number of ether oxygens (including phenoxy) is 1. The number of nitrogens with two attached hydrogens (primary N) is 1. The zero-order valence-electron chi connectivity index (χ0n) is 11.7. The van der Waals surface area contributed by atoms with E-state index < -0.39 is 0 Å². The minimum absolute atomic E-state index is 0.0821. The maximum Gasteiger partial charge on any atom is 0.123 e. The highest BCUT2D eigenvalue weighted by atomic mass is 19.1. The Balaban J connectivity index is 1.85. The molecule has 1 atom stereocenters. The van der Waals surface area contributed by atoms with Gasteiger partial charge in [0, 0.05) is 25.7 Å². The summed E-state index contributed by atoms with van der Waals surface area (Å²) in [4.78, 5) is 2.36. The summed E-state index contributed by atoms with van der Waals surface area (Å²) in [6.45, 7) is 7.76. The summed E-state index contributed by atoms with van der Waals surface area (Å²) in [7, 11) is 0. The number of nitrogens with zero attached hydrogens (tertiary/aromatic N) is 1. The van der Waals surface area contributed by atoms with E-state index in [1.807, 2.05) is 6.07 Å².